The van der Waals surface area contributed by atoms with Crippen LogP contribution in [0.4, 0.5) is 10.8 Å². The van der Waals surface area contributed by atoms with E-state index < -0.39 is 5.91 Å². The van der Waals surface area contributed by atoms with Crippen molar-refractivity contribution in [1.29, 1.82) is 0 Å². The summed E-state index contributed by atoms with van der Waals surface area (Å²) in [5, 5.41) is 3.71. The third-order valence-corrected chi connectivity index (χ3v) is 3.83. The normalized spacial score (nSPS) is 16.0. The fourth-order valence-corrected chi connectivity index (χ4v) is 2.85. The number of ether oxygens (including phenoxy) is 1. The molecule has 0 bridgehead atoms. The van der Waals surface area contributed by atoms with E-state index in [-0.39, 0.29) is 11.4 Å². The molecule has 0 spiro atoms. The summed E-state index contributed by atoms with van der Waals surface area (Å²) < 4.78 is 9.62. The Bertz CT molecular complexity index is 415. The summed E-state index contributed by atoms with van der Waals surface area (Å²) in [6.07, 6.45) is 5.22. The molecule has 0 radical (unpaired) electrons. The minimum absolute atomic E-state index is 0.187. The zero-order valence-electron chi connectivity index (χ0n) is 10.1. The number of hydrogen-bond donors (Lipinski definition) is 3. The lowest BCUT2D eigenvalue weighted by atomic mass is 10.3. The standard InChI is InChI=1S/C11H18N4O2S/c12-9-8(10(13)16)11(18-15-9)14-5-6-17-7-3-1-2-4-7/h7,14H,1-6H2,(H2,12,15)(H2,13,16). The SMILES string of the molecule is NC(=O)c1c(N)nsc1NCCOC1CCCC1. The van der Waals surface area contributed by atoms with E-state index in [1.165, 1.54) is 12.8 Å². The lowest BCUT2D eigenvalue weighted by molar-refractivity contribution is 0.0659. The Morgan fingerprint density at radius 2 is 2.22 bits per heavy atom. The van der Waals surface area contributed by atoms with Gasteiger partial charge in [-0.05, 0) is 24.4 Å². The lowest BCUT2D eigenvalue weighted by Crippen LogP contribution is -2.18. The van der Waals surface area contributed by atoms with Crippen LogP contribution >= 0.6 is 11.5 Å². The van der Waals surface area contributed by atoms with Gasteiger partial charge in [-0.3, -0.25) is 4.79 Å². The number of nitrogen functional groups attached to an aromatic ring is 1. The van der Waals surface area contributed by atoms with Crippen molar-refractivity contribution in [2.75, 3.05) is 24.2 Å². The van der Waals surface area contributed by atoms with E-state index in [0.29, 0.717) is 24.3 Å². The van der Waals surface area contributed by atoms with Crippen LogP contribution in [0.25, 0.3) is 0 Å². The van der Waals surface area contributed by atoms with Gasteiger partial charge in [-0.2, -0.15) is 4.37 Å². The number of nitrogens with zero attached hydrogens (tertiary/aromatic N) is 1. The highest BCUT2D eigenvalue weighted by Gasteiger charge is 2.17. The van der Waals surface area contributed by atoms with Crippen LogP contribution in [-0.4, -0.2) is 29.5 Å². The Morgan fingerprint density at radius 1 is 1.50 bits per heavy atom. The van der Waals surface area contributed by atoms with Gasteiger partial charge >= 0.3 is 0 Å². The van der Waals surface area contributed by atoms with Crippen molar-refractivity contribution in [2.45, 2.75) is 31.8 Å². The zero-order valence-corrected chi connectivity index (χ0v) is 11.0. The number of amides is 1. The van der Waals surface area contributed by atoms with Crippen LogP contribution in [0.1, 0.15) is 36.0 Å². The molecule has 6 nitrogen and oxygen atoms in total. The topological polar surface area (TPSA) is 103 Å². The molecular formula is C11H18N4O2S. The van der Waals surface area contributed by atoms with E-state index in [0.717, 1.165) is 24.4 Å². The van der Waals surface area contributed by atoms with Gasteiger partial charge in [0.1, 0.15) is 10.6 Å². The summed E-state index contributed by atoms with van der Waals surface area (Å²) in [6, 6.07) is 0. The number of carbonyl (C=O) groups is 1. The maximum absolute atomic E-state index is 11.2. The first kappa shape index (κ1) is 13.1. The first-order chi connectivity index (χ1) is 8.68. The van der Waals surface area contributed by atoms with E-state index in [1.54, 1.807) is 0 Å². The van der Waals surface area contributed by atoms with E-state index in [1.807, 2.05) is 0 Å². The van der Waals surface area contributed by atoms with Crippen LogP contribution in [0.5, 0.6) is 0 Å². The Kier molecular flexibility index (Phi) is 4.38. The molecule has 0 aliphatic heterocycles. The highest BCUT2D eigenvalue weighted by molar-refractivity contribution is 7.11. The number of nitrogens with one attached hydrogen (secondary N) is 1. The van der Waals surface area contributed by atoms with Gasteiger partial charge in [0.05, 0.1) is 12.7 Å². The highest BCUT2D eigenvalue weighted by Crippen LogP contribution is 2.26. The summed E-state index contributed by atoms with van der Waals surface area (Å²) in [4.78, 5) is 11.2. The molecular weight excluding hydrogens is 252 g/mol. The van der Waals surface area contributed by atoms with Gasteiger partial charge in [-0.15, -0.1) is 0 Å². The van der Waals surface area contributed by atoms with Gasteiger partial charge in [-0.1, -0.05) is 12.8 Å². The molecule has 1 aliphatic rings. The molecule has 0 unspecified atom stereocenters. The molecule has 1 fully saturated rings. The molecule has 5 N–H and O–H groups in total. The van der Waals surface area contributed by atoms with Gasteiger partial charge in [0.25, 0.3) is 5.91 Å². The Hall–Kier alpha value is -1.34. The molecule has 1 aliphatic carbocycles. The largest absolute Gasteiger partial charge is 0.382 e. The van der Waals surface area contributed by atoms with Crippen molar-refractivity contribution in [3.63, 3.8) is 0 Å². The predicted octanol–water partition coefficient (Wildman–Crippen LogP) is 1.20. The predicted molar refractivity (Wildman–Crippen MR) is 71.7 cm³/mol. The summed E-state index contributed by atoms with van der Waals surface area (Å²) in [7, 11) is 0. The van der Waals surface area contributed by atoms with E-state index >= 15 is 0 Å². The average molecular weight is 270 g/mol. The molecule has 1 aromatic rings. The van der Waals surface area contributed by atoms with Crippen LogP contribution in [0, 0.1) is 0 Å². The molecule has 1 heterocycles. The summed E-state index contributed by atoms with van der Waals surface area (Å²) >= 11 is 1.14. The molecule has 0 aromatic carbocycles. The van der Waals surface area contributed by atoms with E-state index in [2.05, 4.69) is 9.69 Å². The van der Waals surface area contributed by atoms with Crippen LogP contribution in [0.15, 0.2) is 0 Å². The third-order valence-electron chi connectivity index (χ3n) is 3.01. The van der Waals surface area contributed by atoms with Crippen LogP contribution in [0.3, 0.4) is 0 Å². The molecule has 7 heteroatoms. The number of carbonyl (C=O) groups excluding carboxylic acids is 1. The van der Waals surface area contributed by atoms with Crippen molar-refractivity contribution < 1.29 is 9.53 Å². The lowest BCUT2D eigenvalue weighted by Gasteiger charge is -2.11. The monoisotopic (exact) mass is 270 g/mol. The second kappa shape index (κ2) is 6.01. The van der Waals surface area contributed by atoms with Crippen molar-refractivity contribution >= 4 is 28.3 Å². The van der Waals surface area contributed by atoms with Gasteiger partial charge < -0.3 is 21.5 Å². The van der Waals surface area contributed by atoms with Crippen LogP contribution in [-0.2, 0) is 4.74 Å². The highest BCUT2D eigenvalue weighted by atomic mass is 32.1. The van der Waals surface area contributed by atoms with Gasteiger partial charge in [0.2, 0.25) is 0 Å². The molecule has 100 valence electrons. The maximum atomic E-state index is 11.2. The Labute approximate surface area is 110 Å². The number of hydrogen-bond acceptors (Lipinski definition) is 6. The van der Waals surface area contributed by atoms with Crippen LogP contribution < -0.4 is 16.8 Å². The van der Waals surface area contributed by atoms with Crippen molar-refractivity contribution in [2.24, 2.45) is 5.73 Å². The molecule has 1 saturated carbocycles. The number of primary amides is 1. The zero-order chi connectivity index (χ0) is 13.0. The molecule has 0 atom stereocenters. The minimum Gasteiger partial charge on any atom is -0.382 e. The smallest absolute Gasteiger partial charge is 0.255 e. The molecule has 1 aromatic heterocycles. The first-order valence-corrected chi connectivity index (χ1v) is 6.86. The van der Waals surface area contributed by atoms with Crippen molar-refractivity contribution in [3.05, 3.63) is 5.56 Å². The minimum atomic E-state index is -0.555. The van der Waals surface area contributed by atoms with E-state index in [4.69, 9.17) is 16.2 Å². The quantitative estimate of drug-likeness (QED) is 0.674. The van der Waals surface area contributed by atoms with Crippen LogP contribution in [0.2, 0.25) is 0 Å². The average Bonchev–Trinajstić information content (AvgIpc) is 2.94. The molecule has 18 heavy (non-hydrogen) atoms. The summed E-state index contributed by atoms with van der Waals surface area (Å²) in [5.74, 6) is -0.368. The maximum Gasteiger partial charge on any atom is 0.255 e. The number of anilines is 2. The van der Waals surface area contributed by atoms with Gasteiger partial charge in [0, 0.05) is 6.54 Å². The fourth-order valence-electron chi connectivity index (χ4n) is 2.11. The number of aromatic nitrogens is 1. The summed E-state index contributed by atoms with van der Waals surface area (Å²) in [5.41, 5.74) is 11.1. The second-order valence-electron chi connectivity index (χ2n) is 4.34. The first-order valence-electron chi connectivity index (χ1n) is 6.09. The molecule has 0 saturated heterocycles. The Morgan fingerprint density at radius 3 is 2.89 bits per heavy atom. The fraction of sp³-hybridized carbons (Fsp3) is 0.636. The van der Waals surface area contributed by atoms with Crippen molar-refractivity contribution in [1.82, 2.24) is 4.37 Å². The summed E-state index contributed by atoms with van der Waals surface area (Å²) in [6.45, 7) is 1.24. The molecule has 2 rings (SSSR count). The Balaban J connectivity index is 1.77. The number of rotatable bonds is 6. The van der Waals surface area contributed by atoms with Gasteiger partial charge in [0.15, 0.2) is 5.82 Å². The van der Waals surface area contributed by atoms with E-state index in [9.17, 15) is 4.79 Å². The van der Waals surface area contributed by atoms with Crippen molar-refractivity contribution in [3.8, 4) is 0 Å². The molecule has 1 amide bonds. The third kappa shape index (κ3) is 3.11. The van der Waals surface area contributed by atoms with Gasteiger partial charge in [-0.25, -0.2) is 0 Å². The second-order valence-corrected chi connectivity index (χ2v) is 5.11. The number of nitrogens with two attached hydrogens (primary N) is 2.